The Morgan fingerprint density at radius 2 is 1.95 bits per heavy atom. The van der Waals surface area contributed by atoms with E-state index in [-0.39, 0.29) is 12.0 Å². The minimum absolute atomic E-state index is 0.0505. The fraction of sp³-hybridized carbons (Fsp3) is 0.500. The van der Waals surface area contributed by atoms with Crippen molar-refractivity contribution in [1.29, 1.82) is 10.5 Å². The van der Waals surface area contributed by atoms with Gasteiger partial charge in [-0.25, -0.2) is 0 Å². The molecule has 0 spiro atoms. The number of nitrogens with zero attached hydrogens (tertiary/aromatic N) is 2. The number of nitriles is 2. The quantitative estimate of drug-likeness (QED) is 0.816. The van der Waals surface area contributed by atoms with E-state index in [2.05, 4.69) is 17.5 Å². The first kappa shape index (κ1) is 13.4. The summed E-state index contributed by atoms with van der Waals surface area (Å²) in [6.45, 7) is 1.94. The lowest BCUT2D eigenvalue weighted by Crippen LogP contribution is -2.27. The number of rotatable bonds is 2. The Morgan fingerprint density at radius 3 is 2.68 bits per heavy atom. The average molecular weight is 253 g/mol. The summed E-state index contributed by atoms with van der Waals surface area (Å²) in [4.78, 5) is 0. The summed E-state index contributed by atoms with van der Waals surface area (Å²) in [6.07, 6.45) is 5.47. The Labute approximate surface area is 114 Å². The number of hydrogen-bond donors (Lipinski definition) is 1. The normalized spacial score (nSPS) is 22.9. The van der Waals surface area contributed by atoms with E-state index in [0.717, 1.165) is 36.9 Å². The largest absolute Gasteiger partial charge is 0.380 e. The van der Waals surface area contributed by atoms with Crippen LogP contribution in [0, 0.1) is 35.5 Å². The van der Waals surface area contributed by atoms with Gasteiger partial charge < -0.3 is 5.32 Å². The highest BCUT2D eigenvalue weighted by Crippen LogP contribution is 2.28. The maximum absolute atomic E-state index is 9.29. The van der Waals surface area contributed by atoms with E-state index < -0.39 is 0 Å². The molecule has 0 aliphatic heterocycles. The van der Waals surface area contributed by atoms with Crippen LogP contribution in [0.4, 0.5) is 5.69 Å². The van der Waals surface area contributed by atoms with Crippen LogP contribution in [0.5, 0.6) is 0 Å². The topological polar surface area (TPSA) is 59.6 Å². The van der Waals surface area contributed by atoms with Crippen LogP contribution >= 0.6 is 0 Å². The molecule has 1 fully saturated rings. The zero-order valence-corrected chi connectivity index (χ0v) is 11.3. The van der Waals surface area contributed by atoms with Crippen molar-refractivity contribution in [1.82, 2.24) is 0 Å². The molecule has 1 saturated carbocycles. The fourth-order valence-electron chi connectivity index (χ4n) is 2.77. The van der Waals surface area contributed by atoms with Crippen LogP contribution in [0.3, 0.4) is 0 Å². The van der Waals surface area contributed by atoms with Gasteiger partial charge in [0, 0.05) is 6.04 Å². The SMILES string of the molecule is Cc1cccc(NC2CCCCCC2C#N)c1C#N. The van der Waals surface area contributed by atoms with E-state index >= 15 is 0 Å². The van der Waals surface area contributed by atoms with Crippen LogP contribution in [0.25, 0.3) is 0 Å². The molecule has 0 radical (unpaired) electrons. The second-order valence-electron chi connectivity index (χ2n) is 5.23. The first-order chi connectivity index (χ1) is 9.26. The molecule has 3 heteroatoms. The molecule has 0 aromatic heterocycles. The summed E-state index contributed by atoms with van der Waals surface area (Å²) < 4.78 is 0. The standard InChI is InChI=1S/C16H19N3/c1-12-6-5-9-16(14(12)11-18)19-15-8-4-2-3-7-13(15)10-17/h5-6,9,13,15,19H,2-4,7-8H2,1H3. The van der Waals surface area contributed by atoms with E-state index in [0.29, 0.717) is 5.56 Å². The van der Waals surface area contributed by atoms with Crippen molar-refractivity contribution in [3.63, 3.8) is 0 Å². The van der Waals surface area contributed by atoms with E-state index in [4.69, 9.17) is 0 Å². The van der Waals surface area contributed by atoms with Gasteiger partial charge >= 0.3 is 0 Å². The summed E-state index contributed by atoms with van der Waals surface area (Å²) in [5, 5.41) is 22.0. The molecule has 98 valence electrons. The Hall–Kier alpha value is -2.00. The molecular weight excluding hydrogens is 234 g/mol. The third-order valence-corrected chi connectivity index (χ3v) is 3.91. The second kappa shape index (κ2) is 6.25. The van der Waals surface area contributed by atoms with Gasteiger partial charge in [0.1, 0.15) is 6.07 Å². The Balaban J connectivity index is 2.22. The van der Waals surface area contributed by atoms with Crippen LogP contribution in [0.2, 0.25) is 0 Å². The molecule has 0 saturated heterocycles. The molecule has 0 heterocycles. The number of hydrogen-bond acceptors (Lipinski definition) is 3. The Morgan fingerprint density at radius 1 is 1.16 bits per heavy atom. The van der Waals surface area contributed by atoms with Gasteiger partial charge in [-0.05, 0) is 31.4 Å². The number of benzene rings is 1. The van der Waals surface area contributed by atoms with Crippen LogP contribution in [0.1, 0.15) is 43.2 Å². The highest BCUT2D eigenvalue weighted by molar-refractivity contribution is 5.61. The Bertz CT molecular complexity index is 522. The molecule has 1 aliphatic carbocycles. The van der Waals surface area contributed by atoms with Crippen molar-refractivity contribution in [2.75, 3.05) is 5.32 Å². The lowest BCUT2D eigenvalue weighted by Gasteiger charge is -2.23. The van der Waals surface area contributed by atoms with Crippen LogP contribution in [-0.4, -0.2) is 6.04 Å². The molecule has 0 bridgehead atoms. The predicted molar refractivity (Wildman–Crippen MR) is 75.5 cm³/mol. The molecule has 19 heavy (non-hydrogen) atoms. The lowest BCUT2D eigenvalue weighted by atomic mass is 9.95. The van der Waals surface area contributed by atoms with Crippen molar-refractivity contribution in [3.05, 3.63) is 29.3 Å². The highest BCUT2D eigenvalue weighted by atomic mass is 14.9. The first-order valence-electron chi connectivity index (χ1n) is 6.92. The van der Waals surface area contributed by atoms with E-state index in [1.54, 1.807) is 0 Å². The molecule has 2 unspecified atom stereocenters. The highest BCUT2D eigenvalue weighted by Gasteiger charge is 2.24. The molecule has 1 aromatic rings. The summed E-state index contributed by atoms with van der Waals surface area (Å²) in [6, 6.07) is 10.7. The number of anilines is 1. The van der Waals surface area contributed by atoms with Crippen molar-refractivity contribution in [3.8, 4) is 12.1 Å². The molecule has 2 rings (SSSR count). The van der Waals surface area contributed by atoms with Gasteiger partial charge in [-0.3, -0.25) is 0 Å². The smallest absolute Gasteiger partial charge is 0.102 e. The van der Waals surface area contributed by atoms with Gasteiger partial charge in [0.05, 0.1) is 23.2 Å². The maximum Gasteiger partial charge on any atom is 0.102 e. The van der Waals surface area contributed by atoms with E-state index in [1.165, 1.54) is 6.42 Å². The number of nitrogens with one attached hydrogen (secondary N) is 1. The van der Waals surface area contributed by atoms with Crippen molar-refractivity contribution in [2.24, 2.45) is 5.92 Å². The molecule has 2 atom stereocenters. The number of aryl methyl sites for hydroxylation is 1. The van der Waals surface area contributed by atoms with Gasteiger partial charge in [0.25, 0.3) is 0 Å². The fourth-order valence-corrected chi connectivity index (χ4v) is 2.77. The summed E-state index contributed by atoms with van der Waals surface area (Å²) in [5.74, 6) is 0.0505. The van der Waals surface area contributed by atoms with Crippen molar-refractivity contribution >= 4 is 5.69 Å². The molecular formula is C16H19N3. The zero-order chi connectivity index (χ0) is 13.7. The maximum atomic E-state index is 9.29. The lowest BCUT2D eigenvalue weighted by molar-refractivity contribution is 0.514. The molecule has 1 aliphatic rings. The molecule has 0 amide bonds. The molecule has 1 aromatic carbocycles. The van der Waals surface area contributed by atoms with Crippen LogP contribution in [0.15, 0.2) is 18.2 Å². The zero-order valence-electron chi connectivity index (χ0n) is 11.3. The summed E-state index contributed by atoms with van der Waals surface area (Å²) in [7, 11) is 0. The van der Waals surface area contributed by atoms with Crippen molar-refractivity contribution in [2.45, 2.75) is 45.1 Å². The summed E-state index contributed by atoms with van der Waals surface area (Å²) in [5.41, 5.74) is 2.55. The third kappa shape index (κ3) is 3.06. The van der Waals surface area contributed by atoms with Gasteiger partial charge in [-0.2, -0.15) is 10.5 Å². The second-order valence-corrected chi connectivity index (χ2v) is 5.23. The van der Waals surface area contributed by atoms with Gasteiger partial charge in [-0.15, -0.1) is 0 Å². The minimum atomic E-state index is 0.0505. The van der Waals surface area contributed by atoms with E-state index in [9.17, 15) is 10.5 Å². The monoisotopic (exact) mass is 253 g/mol. The average Bonchev–Trinajstić information content (AvgIpc) is 2.64. The minimum Gasteiger partial charge on any atom is -0.380 e. The third-order valence-electron chi connectivity index (χ3n) is 3.91. The predicted octanol–water partition coefficient (Wildman–Crippen LogP) is 3.75. The Kier molecular flexibility index (Phi) is 4.42. The molecule has 1 N–H and O–H groups in total. The van der Waals surface area contributed by atoms with Gasteiger partial charge in [0.15, 0.2) is 0 Å². The van der Waals surface area contributed by atoms with Crippen LogP contribution in [-0.2, 0) is 0 Å². The van der Waals surface area contributed by atoms with E-state index in [1.807, 2.05) is 25.1 Å². The summed E-state index contributed by atoms with van der Waals surface area (Å²) >= 11 is 0. The molecule has 3 nitrogen and oxygen atoms in total. The van der Waals surface area contributed by atoms with Gasteiger partial charge in [0.2, 0.25) is 0 Å². The van der Waals surface area contributed by atoms with Crippen LogP contribution < -0.4 is 5.32 Å². The van der Waals surface area contributed by atoms with Crippen molar-refractivity contribution < 1.29 is 0 Å². The first-order valence-corrected chi connectivity index (χ1v) is 6.92. The van der Waals surface area contributed by atoms with Gasteiger partial charge in [-0.1, -0.05) is 31.4 Å².